The number of aliphatic hydroxyl groups is 2. The van der Waals surface area contributed by atoms with Gasteiger partial charge < -0.3 is 19.8 Å². The molecule has 0 aromatic heterocycles. The molecule has 5 nitrogen and oxygen atoms in total. The smallest absolute Gasteiger partial charge is 0.410 e. The van der Waals surface area contributed by atoms with Crippen LogP contribution in [-0.2, 0) is 4.74 Å². The molecular weight excluding hydrogens is 267 g/mol. The topological polar surface area (TPSA) is 70.0 Å². The first kappa shape index (κ1) is 18.0. The monoisotopic (exact) mass is 287 g/mol. The molecule has 0 rings (SSSR count). The van der Waals surface area contributed by atoms with Gasteiger partial charge in [-0.1, -0.05) is 0 Å². The van der Waals surface area contributed by atoms with E-state index in [4.69, 9.17) is 9.84 Å². The van der Waals surface area contributed by atoms with Crippen molar-refractivity contribution in [3.8, 4) is 0 Å². The minimum atomic E-state index is -4.41. The Morgan fingerprint density at radius 2 is 1.84 bits per heavy atom. The summed E-state index contributed by atoms with van der Waals surface area (Å²) in [5, 5.41) is 17.9. The minimum absolute atomic E-state index is 0.415. The Morgan fingerprint density at radius 3 is 2.21 bits per heavy atom. The van der Waals surface area contributed by atoms with Gasteiger partial charge in [-0.15, -0.1) is 0 Å². The van der Waals surface area contributed by atoms with Crippen molar-refractivity contribution in [2.24, 2.45) is 0 Å². The fourth-order valence-electron chi connectivity index (χ4n) is 1.16. The first-order valence-corrected chi connectivity index (χ1v) is 5.78. The van der Waals surface area contributed by atoms with Crippen LogP contribution in [0.3, 0.4) is 0 Å². The standard InChI is InChI=1S/C11H20F3NO4/c1-10(2,3)19-9(18)15(6-8(17)7-16)5-4-11(12,13)14/h8,16-17H,4-7H2,1-3H3/t8-/m0/s1. The van der Waals surface area contributed by atoms with Crippen molar-refractivity contribution >= 4 is 6.09 Å². The van der Waals surface area contributed by atoms with Crippen LogP contribution in [0.1, 0.15) is 27.2 Å². The Hall–Kier alpha value is -1.02. The van der Waals surface area contributed by atoms with E-state index in [0.717, 1.165) is 4.90 Å². The second-order valence-corrected chi connectivity index (χ2v) is 5.13. The van der Waals surface area contributed by atoms with Gasteiger partial charge in [-0.05, 0) is 20.8 Å². The van der Waals surface area contributed by atoms with Gasteiger partial charge in [0.1, 0.15) is 5.60 Å². The normalized spacial score (nSPS) is 14.1. The van der Waals surface area contributed by atoms with E-state index in [1.54, 1.807) is 20.8 Å². The van der Waals surface area contributed by atoms with Crippen LogP contribution in [0.5, 0.6) is 0 Å². The number of alkyl halides is 3. The highest BCUT2D eigenvalue weighted by molar-refractivity contribution is 5.68. The van der Waals surface area contributed by atoms with Crippen LogP contribution < -0.4 is 0 Å². The summed E-state index contributed by atoms with van der Waals surface area (Å²) < 4.78 is 41.4. The van der Waals surface area contributed by atoms with Crippen LogP contribution >= 0.6 is 0 Å². The van der Waals surface area contributed by atoms with Crippen molar-refractivity contribution in [1.82, 2.24) is 4.90 Å². The Bertz CT molecular complexity index is 289. The highest BCUT2D eigenvalue weighted by Gasteiger charge is 2.31. The third kappa shape index (κ3) is 9.54. The first-order valence-electron chi connectivity index (χ1n) is 5.78. The van der Waals surface area contributed by atoms with Gasteiger partial charge in [-0.3, -0.25) is 0 Å². The lowest BCUT2D eigenvalue weighted by Crippen LogP contribution is -2.43. The fourth-order valence-corrected chi connectivity index (χ4v) is 1.16. The van der Waals surface area contributed by atoms with Gasteiger partial charge >= 0.3 is 12.3 Å². The van der Waals surface area contributed by atoms with E-state index in [1.165, 1.54) is 0 Å². The van der Waals surface area contributed by atoms with Crippen molar-refractivity contribution in [1.29, 1.82) is 0 Å². The molecule has 0 unspecified atom stereocenters. The predicted molar refractivity (Wildman–Crippen MR) is 61.6 cm³/mol. The molecule has 1 amide bonds. The molecule has 0 heterocycles. The summed E-state index contributed by atoms with van der Waals surface area (Å²) in [6.07, 6.45) is -7.88. The molecule has 0 radical (unpaired) electrons. The zero-order valence-corrected chi connectivity index (χ0v) is 11.2. The molecule has 0 fully saturated rings. The largest absolute Gasteiger partial charge is 0.444 e. The Kier molecular flexibility index (Phi) is 6.58. The number of hydrogen-bond acceptors (Lipinski definition) is 4. The molecular formula is C11H20F3NO4. The third-order valence-electron chi connectivity index (χ3n) is 1.96. The van der Waals surface area contributed by atoms with Crippen LogP contribution in [0.25, 0.3) is 0 Å². The molecule has 0 aliphatic carbocycles. The Labute approximate surface area is 110 Å². The van der Waals surface area contributed by atoms with Crippen molar-refractivity contribution in [2.75, 3.05) is 19.7 Å². The molecule has 0 aliphatic heterocycles. The highest BCUT2D eigenvalue weighted by atomic mass is 19.4. The van der Waals surface area contributed by atoms with E-state index in [-0.39, 0.29) is 0 Å². The van der Waals surface area contributed by atoms with Crippen LogP contribution in [0.15, 0.2) is 0 Å². The summed E-state index contributed by atoms with van der Waals surface area (Å²) in [6, 6.07) is 0. The molecule has 8 heteroatoms. The number of aliphatic hydroxyl groups excluding tert-OH is 2. The van der Waals surface area contributed by atoms with E-state index in [1.807, 2.05) is 0 Å². The molecule has 114 valence electrons. The van der Waals surface area contributed by atoms with Crippen LogP contribution in [0.4, 0.5) is 18.0 Å². The van der Waals surface area contributed by atoms with Gasteiger partial charge in [0.2, 0.25) is 0 Å². The first-order chi connectivity index (χ1) is 8.44. The quantitative estimate of drug-likeness (QED) is 0.804. The number of amides is 1. The molecule has 0 spiro atoms. The lowest BCUT2D eigenvalue weighted by atomic mass is 10.2. The summed E-state index contributed by atoms with van der Waals surface area (Å²) in [6.45, 7) is 3.04. The van der Waals surface area contributed by atoms with Crippen LogP contribution in [0, 0.1) is 0 Å². The Balaban J connectivity index is 4.61. The van der Waals surface area contributed by atoms with Gasteiger partial charge in [0.05, 0.1) is 25.7 Å². The van der Waals surface area contributed by atoms with Crippen molar-refractivity contribution < 1.29 is 32.9 Å². The summed E-state index contributed by atoms with van der Waals surface area (Å²) in [4.78, 5) is 12.4. The second-order valence-electron chi connectivity index (χ2n) is 5.13. The number of carbonyl (C=O) groups is 1. The van der Waals surface area contributed by atoms with Gasteiger partial charge in [-0.25, -0.2) is 4.79 Å². The van der Waals surface area contributed by atoms with Crippen LogP contribution in [-0.4, -0.2) is 58.8 Å². The average molecular weight is 287 g/mol. The van der Waals surface area contributed by atoms with Crippen molar-refractivity contribution in [3.63, 3.8) is 0 Å². The van der Waals surface area contributed by atoms with Gasteiger partial charge in [0.15, 0.2) is 0 Å². The third-order valence-corrected chi connectivity index (χ3v) is 1.96. The second kappa shape index (κ2) is 6.95. The Morgan fingerprint density at radius 1 is 1.32 bits per heavy atom. The number of ether oxygens (including phenoxy) is 1. The minimum Gasteiger partial charge on any atom is -0.444 e. The maximum atomic E-state index is 12.1. The summed E-state index contributed by atoms with van der Waals surface area (Å²) >= 11 is 0. The van der Waals surface area contributed by atoms with Gasteiger partial charge in [0.25, 0.3) is 0 Å². The number of nitrogens with zero attached hydrogens (tertiary/aromatic N) is 1. The number of halogens is 3. The summed E-state index contributed by atoms with van der Waals surface area (Å²) in [7, 11) is 0. The van der Waals surface area contributed by atoms with Crippen LogP contribution in [0.2, 0.25) is 0 Å². The molecule has 2 N–H and O–H groups in total. The number of carbonyl (C=O) groups excluding carboxylic acids is 1. The van der Waals surface area contributed by atoms with E-state index < -0.39 is 50.1 Å². The van der Waals surface area contributed by atoms with Gasteiger partial charge in [-0.2, -0.15) is 13.2 Å². The fraction of sp³-hybridized carbons (Fsp3) is 0.909. The molecule has 0 saturated heterocycles. The zero-order valence-electron chi connectivity index (χ0n) is 11.2. The maximum absolute atomic E-state index is 12.1. The van der Waals surface area contributed by atoms with Crippen molar-refractivity contribution in [2.45, 2.75) is 45.1 Å². The number of hydrogen-bond donors (Lipinski definition) is 2. The van der Waals surface area contributed by atoms with Crippen molar-refractivity contribution in [3.05, 3.63) is 0 Å². The molecule has 0 bridgehead atoms. The average Bonchev–Trinajstić information content (AvgIpc) is 2.19. The summed E-state index contributed by atoms with van der Waals surface area (Å²) in [5.74, 6) is 0. The van der Waals surface area contributed by atoms with Gasteiger partial charge in [0, 0.05) is 6.54 Å². The molecule has 0 aliphatic rings. The molecule has 1 atom stereocenters. The van der Waals surface area contributed by atoms with E-state index in [0.29, 0.717) is 0 Å². The number of rotatable bonds is 5. The molecule has 0 aromatic rings. The summed E-state index contributed by atoms with van der Waals surface area (Å²) in [5.41, 5.74) is -0.849. The molecule has 19 heavy (non-hydrogen) atoms. The van der Waals surface area contributed by atoms with E-state index in [9.17, 15) is 23.1 Å². The lowest BCUT2D eigenvalue weighted by molar-refractivity contribution is -0.138. The zero-order chi connectivity index (χ0) is 15.3. The molecule has 0 aromatic carbocycles. The van der Waals surface area contributed by atoms with E-state index in [2.05, 4.69) is 0 Å². The maximum Gasteiger partial charge on any atom is 0.410 e. The molecule has 0 saturated carbocycles. The SMILES string of the molecule is CC(C)(C)OC(=O)N(CCC(F)(F)F)C[C@H](O)CO. The predicted octanol–water partition coefficient (Wildman–Crippen LogP) is 1.53. The van der Waals surface area contributed by atoms with E-state index >= 15 is 0 Å². The highest BCUT2D eigenvalue weighted by Crippen LogP contribution is 2.20. The lowest BCUT2D eigenvalue weighted by Gasteiger charge is -2.28.